The highest BCUT2D eigenvalue weighted by Gasteiger charge is 2.06. The van der Waals surface area contributed by atoms with E-state index in [9.17, 15) is 0 Å². The van der Waals surface area contributed by atoms with Crippen LogP contribution in [0.1, 0.15) is 20.3 Å². The summed E-state index contributed by atoms with van der Waals surface area (Å²) in [5.41, 5.74) is 1.21. The van der Waals surface area contributed by atoms with Gasteiger partial charge in [-0.25, -0.2) is 0 Å². The molecular formula is C10H17NO. The highest BCUT2D eigenvalue weighted by atomic mass is 16.5. The van der Waals surface area contributed by atoms with Crippen molar-refractivity contribution in [1.82, 2.24) is 5.32 Å². The highest BCUT2D eigenvalue weighted by Crippen LogP contribution is 2.10. The van der Waals surface area contributed by atoms with Gasteiger partial charge in [-0.15, -0.1) is 0 Å². The van der Waals surface area contributed by atoms with Gasteiger partial charge in [-0.05, 0) is 26.3 Å². The van der Waals surface area contributed by atoms with E-state index in [0.717, 1.165) is 6.42 Å². The summed E-state index contributed by atoms with van der Waals surface area (Å²) in [5.74, 6) is 0. The lowest BCUT2D eigenvalue weighted by Gasteiger charge is -2.17. The molecule has 1 atom stereocenters. The maximum Gasteiger partial charge on any atom is 0.0791 e. The van der Waals surface area contributed by atoms with Crippen molar-refractivity contribution in [2.75, 3.05) is 7.11 Å². The van der Waals surface area contributed by atoms with Crippen LogP contribution in [0.15, 0.2) is 23.9 Å². The fourth-order valence-electron chi connectivity index (χ4n) is 1.22. The molecule has 2 heteroatoms. The van der Waals surface area contributed by atoms with E-state index in [1.807, 2.05) is 0 Å². The number of rotatable bonds is 3. The fraction of sp³-hybridized carbons (Fsp3) is 0.600. The Hall–Kier alpha value is -0.760. The second-order valence-electron chi connectivity index (χ2n) is 3.33. The van der Waals surface area contributed by atoms with Crippen molar-refractivity contribution >= 4 is 0 Å². The van der Waals surface area contributed by atoms with Crippen LogP contribution in [0.25, 0.3) is 0 Å². The van der Waals surface area contributed by atoms with Crippen molar-refractivity contribution < 1.29 is 4.74 Å². The molecule has 68 valence electrons. The van der Waals surface area contributed by atoms with E-state index >= 15 is 0 Å². The Morgan fingerprint density at radius 3 is 2.75 bits per heavy atom. The van der Waals surface area contributed by atoms with Crippen LogP contribution < -0.4 is 5.32 Å². The average molecular weight is 167 g/mol. The molecule has 0 aromatic rings. The van der Waals surface area contributed by atoms with Gasteiger partial charge in [0.25, 0.3) is 0 Å². The molecule has 0 radical (unpaired) electrons. The van der Waals surface area contributed by atoms with Crippen molar-refractivity contribution in [3.05, 3.63) is 23.9 Å². The molecule has 1 unspecified atom stereocenters. The maximum atomic E-state index is 5.19. The summed E-state index contributed by atoms with van der Waals surface area (Å²) in [6.45, 7) is 4.27. The van der Waals surface area contributed by atoms with Gasteiger partial charge in [0.2, 0.25) is 0 Å². The molecule has 0 aromatic carbocycles. The van der Waals surface area contributed by atoms with E-state index in [2.05, 4.69) is 37.4 Å². The molecule has 0 heterocycles. The number of nitrogens with one attached hydrogen (secondary N) is 1. The SMILES string of the molecule is COC1C=CC(NC(C)C)=CC1. The predicted molar refractivity (Wildman–Crippen MR) is 50.9 cm³/mol. The Balaban J connectivity index is 2.41. The van der Waals surface area contributed by atoms with Crippen molar-refractivity contribution in [1.29, 1.82) is 0 Å². The molecule has 1 aliphatic rings. The summed E-state index contributed by atoms with van der Waals surface area (Å²) < 4.78 is 5.19. The zero-order chi connectivity index (χ0) is 8.97. The lowest BCUT2D eigenvalue weighted by molar-refractivity contribution is 0.142. The third-order valence-corrected chi connectivity index (χ3v) is 1.82. The number of hydrogen-bond donors (Lipinski definition) is 1. The van der Waals surface area contributed by atoms with Crippen LogP contribution in [0.2, 0.25) is 0 Å². The van der Waals surface area contributed by atoms with Crippen LogP contribution in [-0.4, -0.2) is 19.3 Å². The summed E-state index contributed by atoms with van der Waals surface area (Å²) in [6.07, 6.45) is 7.58. The first kappa shape index (κ1) is 9.33. The number of methoxy groups -OCH3 is 1. The summed E-state index contributed by atoms with van der Waals surface area (Å²) in [4.78, 5) is 0. The highest BCUT2D eigenvalue weighted by molar-refractivity contribution is 5.23. The van der Waals surface area contributed by atoms with Crippen molar-refractivity contribution in [3.8, 4) is 0 Å². The zero-order valence-corrected chi connectivity index (χ0v) is 8.00. The molecule has 0 aliphatic heterocycles. The molecule has 0 saturated carbocycles. The zero-order valence-electron chi connectivity index (χ0n) is 8.00. The summed E-state index contributed by atoms with van der Waals surface area (Å²) >= 11 is 0. The van der Waals surface area contributed by atoms with E-state index < -0.39 is 0 Å². The van der Waals surface area contributed by atoms with Gasteiger partial charge < -0.3 is 10.1 Å². The average Bonchev–Trinajstić information content (AvgIpc) is 2.05. The number of hydrogen-bond acceptors (Lipinski definition) is 2. The third-order valence-electron chi connectivity index (χ3n) is 1.82. The van der Waals surface area contributed by atoms with Crippen molar-refractivity contribution in [2.45, 2.75) is 32.4 Å². The molecule has 1 N–H and O–H groups in total. The minimum Gasteiger partial charge on any atom is -0.383 e. The quantitative estimate of drug-likeness (QED) is 0.692. The normalized spacial score (nSPS) is 22.7. The van der Waals surface area contributed by atoms with Gasteiger partial charge in [-0.2, -0.15) is 0 Å². The Morgan fingerprint density at radius 2 is 2.33 bits per heavy atom. The molecule has 0 spiro atoms. The number of allylic oxidation sites excluding steroid dienone is 1. The molecule has 0 fully saturated rings. The van der Waals surface area contributed by atoms with Gasteiger partial charge >= 0.3 is 0 Å². The van der Waals surface area contributed by atoms with Gasteiger partial charge in [-0.3, -0.25) is 0 Å². The topological polar surface area (TPSA) is 21.3 Å². The Bertz CT molecular complexity index is 194. The third kappa shape index (κ3) is 2.70. The molecular weight excluding hydrogens is 150 g/mol. The largest absolute Gasteiger partial charge is 0.383 e. The molecule has 12 heavy (non-hydrogen) atoms. The first-order valence-corrected chi connectivity index (χ1v) is 4.40. The van der Waals surface area contributed by atoms with Crippen LogP contribution in [0.4, 0.5) is 0 Å². The molecule has 2 nitrogen and oxygen atoms in total. The van der Waals surface area contributed by atoms with Crippen molar-refractivity contribution in [3.63, 3.8) is 0 Å². The van der Waals surface area contributed by atoms with E-state index in [4.69, 9.17) is 4.74 Å². The Morgan fingerprint density at radius 1 is 1.58 bits per heavy atom. The Labute approximate surface area is 74.3 Å². The van der Waals surface area contributed by atoms with Crippen LogP contribution in [0.5, 0.6) is 0 Å². The van der Waals surface area contributed by atoms with Gasteiger partial charge in [0.1, 0.15) is 0 Å². The minimum absolute atomic E-state index is 0.266. The second kappa shape index (κ2) is 4.31. The standard InChI is InChI=1S/C10H17NO/c1-8(2)11-9-4-6-10(12-3)7-5-9/h4-6,8,10-11H,7H2,1-3H3. The van der Waals surface area contributed by atoms with Crippen molar-refractivity contribution in [2.24, 2.45) is 0 Å². The lowest BCUT2D eigenvalue weighted by Crippen LogP contribution is -2.23. The fourth-order valence-corrected chi connectivity index (χ4v) is 1.22. The minimum atomic E-state index is 0.266. The van der Waals surface area contributed by atoms with Crippen LogP contribution >= 0.6 is 0 Å². The van der Waals surface area contributed by atoms with Gasteiger partial charge in [0.05, 0.1) is 6.10 Å². The second-order valence-corrected chi connectivity index (χ2v) is 3.33. The first-order valence-electron chi connectivity index (χ1n) is 4.40. The molecule has 0 bridgehead atoms. The van der Waals surface area contributed by atoms with E-state index in [0.29, 0.717) is 6.04 Å². The summed E-state index contributed by atoms with van der Waals surface area (Å²) in [7, 11) is 1.74. The first-order chi connectivity index (χ1) is 5.72. The lowest BCUT2D eigenvalue weighted by atomic mass is 10.1. The van der Waals surface area contributed by atoms with Gasteiger partial charge in [0, 0.05) is 18.8 Å². The molecule has 0 amide bonds. The van der Waals surface area contributed by atoms with Gasteiger partial charge in [0.15, 0.2) is 0 Å². The molecule has 0 saturated heterocycles. The smallest absolute Gasteiger partial charge is 0.0791 e. The van der Waals surface area contributed by atoms with E-state index in [-0.39, 0.29) is 6.10 Å². The summed E-state index contributed by atoms with van der Waals surface area (Å²) in [6, 6.07) is 0.500. The maximum absolute atomic E-state index is 5.19. The summed E-state index contributed by atoms with van der Waals surface area (Å²) in [5, 5.41) is 3.35. The molecule has 1 rings (SSSR count). The monoisotopic (exact) mass is 167 g/mol. The molecule has 1 aliphatic carbocycles. The Kier molecular flexibility index (Phi) is 3.35. The molecule has 0 aromatic heterocycles. The van der Waals surface area contributed by atoms with Crippen LogP contribution in [0.3, 0.4) is 0 Å². The van der Waals surface area contributed by atoms with Crippen LogP contribution in [-0.2, 0) is 4.74 Å². The number of ether oxygens (including phenoxy) is 1. The van der Waals surface area contributed by atoms with E-state index in [1.54, 1.807) is 7.11 Å². The predicted octanol–water partition coefficient (Wildman–Crippen LogP) is 1.84. The van der Waals surface area contributed by atoms with E-state index in [1.165, 1.54) is 5.70 Å². The van der Waals surface area contributed by atoms with Gasteiger partial charge in [-0.1, -0.05) is 12.2 Å². The van der Waals surface area contributed by atoms with Crippen LogP contribution in [0, 0.1) is 0 Å².